The number of hydrogen-bond donors (Lipinski definition) is 1. The first-order valence-electron chi connectivity index (χ1n) is 7.51. The molecule has 1 saturated heterocycles. The lowest BCUT2D eigenvalue weighted by molar-refractivity contribution is 0.0266. The number of carboxylic acids is 1. The Morgan fingerprint density at radius 1 is 1.13 bits per heavy atom. The lowest BCUT2D eigenvalue weighted by Crippen LogP contribution is -2.43. The quantitative estimate of drug-likeness (QED) is 0.838. The average Bonchev–Trinajstić information content (AvgIpc) is 2.46. The zero-order valence-electron chi connectivity index (χ0n) is 13.6. The van der Waals surface area contributed by atoms with Crippen molar-refractivity contribution in [2.45, 2.75) is 26.4 Å². The molecule has 0 spiro atoms. The minimum Gasteiger partial charge on any atom is -0.478 e. The Morgan fingerprint density at radius 3 is 2.09 bits per heavy atom. The van der Waals surface area contributed by atoms with Crippen molar-refractivity contribution in [2.75, 3.05) is 25.4 Å². The number of carbonyl (C=O) groups is 2. The van der Waals surface area contributed by atoms with Gasteiger partial charge in [0.2, 0.25) is 0 Å². The first-order chi connectivity index (χ1) is 10.6. The van der Waals surface area contributed by atoms with Crippen LogP contribution in [0.3, 0.4) is 0 Å². The van der Waals surface area contributed by atoms with E-state index in [4.69, 9.17) is 9.84 Å². The molecule has 0 aromatic heterocycles. The van der Waals surface area contributed by atoms with E-state index in [1.54, 1.807) is 17.0 Å². The summed E-state index contributed by atoms with van der Waals surface area (Å²) in [7, 11) is -2.59. The Kier molecular flexibility index (Phi) is 4.85. The van der Waals surface area contributed by atoms with Gasteiger partial charge < -0.3 is 19.3 Å². The predicted molar refractivity (Wildman–Crippen MR) is 88.2 cm³/mol. The predicted octanol–water partition coefficient (Wildman–Crippen LogP) is 2.62. The zero-order valence-corrected chi connectivity index (χ0v) is 14.5. The fourth-order valence-electron chi connectivity index (χ4n) is 2.43. The normalized spacial score (nSPS) is 17.6. The second-order valence-corrected chi connectivity index (χ2v) is 9.85. The van der Waals surface area contributed by atoms with E-state index in [1.807, 2.05) is 20.8 Å². The van der Waals surface area contributed by atoms with Crippen LogP contribution in [-0.4, -0.2) is 53.1 Å². The molecule has 126 valence electrons. The van der Waals surface area contributed by atoms with Crippen molar-refractivity contribution in [1.29, 1.82) is 0 Å². The summed E-state index contributed by atoms with van der Waals surface area (Å²) in [5.41, 5.74) is -0.377. The number of benzene rings is 1. The number of ether oxygens (including phenoxy) is 1. The van der Waals surface area contributed by atoms with Crippen molar-refractivity contribution in [3.63, 3.8) is 0 Å². The van der Waals surface area contributed by atoms with E-state index >= 15 is 0 Å². The van der Waals surface area contributed by atoms with Crippen molar-refractivity contribution >= 4 is 24.5 Å². The van der Waals surface area contributed by atoms with Crippen LogP contribution in [-0.2, 0) is 9.30 Å². The Balaban J connectivity index is 2.03. The molecule has 0 saturated carbocycles. The third kappa shape index (κ3) is 4.35. The lowest BCUT2D eigenvalue weighted by Gasteiger charge is -2.33. The Morgan fingerprint density at radius 2 is 1.65 bits per heavy atom. The van der Waals surface area contributed by atoms with Crippen molar-refractivity contribution in [3.8, 4) is 0 Å². The number of amides is 1. The Hall–Kier alpha value is -1.81. The van der Waals surface area contributed by atoms with Crippen LogP contribution in [0.5, 0.6) is 0 Å². The van der Waals surface area contributed by atoms with Gasteiger partial charge in [0.05, 0.1) is 5.56 Å². The maximum absolute atomic E-state index is 13.0. The second kappa shape index (κ2) is 6.36. The smallest absolute Gasteiger partial charge is 0.410 e. The van der Waals surface area contributed by atoms with Crippen LogP contribution in [0.25, 0.3) is 0 Å². The topological polar surface area (TPSA) is 83.9 Å². The van der Waals surface area contributed by atoms with Gasteiger partial charge in [0.1, 0.15) is 12.7 Å². The molecule has 1 aliphatic heterocycles. The van der Waals surface area contributed by atoms with Gasteiger partial charge in [-0.3, -0.25) is 0 Å². The summed E-state index contributed by atoms with van der Waals surface area (Å²) in [6.45, 7) is 6.19. The van der Waals surface area contributed by atoms with Gasteiger partial charge in [-0.25, -0.2) is 9.59 Å². The third-order valence-corrected chi connectivity index (χ3v) is 6.78. The molecule has 1 fully saturated rings. The third-order valence-electron chi connectivity index (χ3n) is 3.70. The summed E-state index contributed by atoms with van der Waals surface area (Å²) in [5.74, 6) is -1.01. The summed E-state index contributed by atoms with van der Waals surface area (Å²) in [4.78, 5) is 24.5. The highest BCUT2D eigenvalue weighted by atomic mass is 31.2. The summed E-state index contributed by atoms with van der Waals surface area (Å²) in [5, 5.41) is 9.58. The van der Waals surface area contributed by atoms with Crippen LogP contribution in [0.1, 0.15) is 31.1 Å². The highest BCUT2D eigenvalue weighted by Crippen LogP contribution is 2.46. The van der Waals surface area contributed by atoms with Gasteiger partial charge in [0.25, 0.3) is 0 Å². The molecule has 1 N–H and O–H groups in total. The fourth-order valence-corrected chi connectivity index (χ4v) is 4.99. The average molecular weight is 339 g/mol. The molecule has 7 heteroatoms. The molecule has 0 atom stereocenters. The molecular formula is C16H22NO5P. The molecule has 1 heterocycles. The van der Waals surface area contributed by atoms with E-state index in [0.29, 0.717) is 30.7 Å². The van der Waals surface area contributed by atoms with Crippen molar-refractivity contribution < 1.29 is 24.0 Å². The molecule has 0 unspecified atom stereocenters. The molecule has 1 aromatic rings. The van der Waals surface area contributed by atoms with Crippen LogP contribution in [0.2, 0.25) is 0 Å². The Labute approximate surface area is 135 Å². The number of aromatic carboxylic acids is 1. The second-order valence-electron chi connectivity index (χ2n) is 6.66. The molecule has 0 bridgehead atoms. The van der Waals surface area contributed by atoms with Gasteiger partial charge in [0.15, 0.2) is 0 Å². The lowest BCUT2D eigenvalue weighted by atomic mass is 10.2. The van der Waals surface area contributed by atoms with Crippen molar-refractivity contribution in [2.24, 2.45) is 0 Å². The summed E-state index contributed by atoms with van der Waals surface area (Å²) >= 11 is 0. The van der Waals surface area contributed by atoms with E-state index in [-0.39, 0.29) is 11.7 Å². The highest BCUT2D eigenvalue weighted by Gasteiger charge is 2.34. The van der Waals surface area contributed by atoms with Gasteiger partial charge in [-0.1, -0.05) is 12.1 Å². The number of hydrogen-bond acceptors (Lipinski definition) is 4. The molecule has 23 heavy (non-hydrogen) atoms. The van der Waals surface area contributed by atoms with E-state index in [2.05, 4.69) is 0 Å². The van der Waals surface area contributed by atoms with Gasteiger partial charge in [-0.2, -0.15) is 0 Å². The molecule has 1 amide bonds. The SMILES string of the molecule is CC(C)(C)OC(=O)N1CCP(=O)(c2ccc(C(=O)O)cc2)CC1. The maximum atomic E-state index is 13.0. The highest BCUT2D eigenvalue weighted by molar-refractivity contribution is 7.71. The monoisotopic (exact) mass is 339 g/mol. The van der Waals surface area contributed by atoms with Crippen LogP contribution in [0.4, 0.5) is 4.79 Å². The minimum absolute atomic E-state index is 0.174. The summed E-state index contributed by atoms with van der Waals surface area (Å²) in [6, 6.07) is 6.18. The number of rotatable bonds is 2. The molecule has 2 rings (SSSR count). The van der Waals surface area contributed by atoms with Gasteiger partial charge in [-0.15, -0.1) is 0 Å². The van der Waals surface area contributed by atoms with Crippen LogP contribution in [0, 0.1) is 0 Å². The molecule has 0 aliphatic carbocycles. The van der Waals surface area contributed by atoms with Gasteiger partial charge in [-0.05, 0) is 32.9 Å². The first kappa shape index (κ1) is 17.5. The first-order valence-corrected chi connectivity index (χ1v) is 9.58. The number of carboxylic acid groups (broad SMARTS) is 1. The van der Waals surface area contributed by atoms with E-state index < -0.39 is 18.7 Å². The standard InChI is InChI=1S/C16H22NO5P/c1-16(2,3)22-15(20)17-8-10-23(21,11-9-17)13-6-4-12(5-7-13)14(18)19/h4-7H,8-11H2,1-3H3,(H,18,19). The summed E-state index contributed by atoms with van der Waals surface area (Å²) in [6.07, 6.45) is 0.391. The molecular weight excluding hydrogens is 317 g/mol. The number of carbonyl (C=O) groups excluding carboxylic acids is 1. The van der Waals surface area contributed by atoms with Gasteiger partial charge in [0, 0.05) is 30.7 Å². The van der Waals surface area contributed by atoms with Crippen molar-refractivity contribution in [3.05, 3.63) is 29.8 Å². The van der Waals surface area contributed by atoms with E-state index in [9.17, 15) is 14.2 Å². The largest absolute Gasteiger partial charge is 0.478 e. The molecule has 0 radical (unpaired) electrons. The minimum atomic E-state index is -2.59. The van der Waals surface area contributed by atoms with Crippen LogP contribution in [0.15, 0.2) is 24.3 Å². The number of nitrogens with zero attached hydrogens (tertiary/aromatic N) is 1. The van der Waals surface area contributed by atoms with Crippen LogP contribution < -0.4 is 5.30 Å². The maximum Gasteiger partial charge on any atom is 0.410 e. The molecule has 1 aliphatic rings. The fraction of sp³-hybridized carbons (Fsp3) is 0.500. The van der Waals surface area contributed by atoms with Crippen molar-refractivity contribution in [1.82, 2.24) is 4.90 Å². The molecule has 6 nitrogen and oxygen atoms in total. The summed E-state index contributed by atoms with van der Waals surface area (Å²) < 4.78 is 18.4. The molecule has 1 aromatic carbocycles. The van der Waals surface area contributed by atoms with Gasteiger partial charge >= 0.3 is 12.1 Å². The van der Waals surface area contributed by atoms with Crippen LogP contribution >= 0.6 is 7.14 Å². The van der Waals surface area contributed by atoms with E-state index in [0.717, 1.165) is 0 Å². The van der Waals surface area contributed by atoms with E-state index in [1.165, 1.54) is 12.1 Å². The zero-order chi connectivity index (χ0) is 17.3. The Bertz CT molecular complexity index is 635.